The molecule has 4 rings (SSSR count). The molecule has 0 bridgehead atoms. The largest absolute Gasteiger partial charge is 0.502 e. The van der Waals surface area contributed by atoms with Crippen molar-refractivity contribution in [2.45, 2.75) is 44.8 Å². The van der Waals surface area contributed by atoms with Crippen molar-refractivity contribution in [2.24, 2.45) is 5.92 Å². The number of fused-ring (bicyclic) bond motifs is 1. The van der Waals surface area contributed by atoms with Crippen LogP contribution in [-0.4, -0.2) is 40.4 Å². The number of rotatable bonds is 5. The van der Waals surface area contributed by atoms with Crippen LogP contribution in [0.15, 0.2) is 29.1 Å². The lowest BCUT2D eigenvalue weighted by Crippen LogP contribution is -2.54. The van der Waals surface area contributed by atoms with Crippen LogP contribution >= 0.6 is 0 Å². The van der Waals surface area contributed by atoms with Crippen molar-refractivity contribution in [3.05, 3.63) is 62.8 Å². The molecule has 31 heavy (non-hydrogen) atoms. The van der Waals surface area contributed by atoms with E-state index in [1.54, 1.807) is 19.2 Å². The van der Waals surface area contributed by atoms with Gasteiger partial charge in [0.1, 0.15) is 11.5 Å². The van der Waals surface area contributed by atoms with Gasteiger partial charge in [-0.2, -0.15) is 0 Å². The molecule has 2 aliphatic rings. The SMILES string of the molecule is CNC1(n2c(C=O)c3c(c(O)c2=O)C(=O)N(Cc2ccc(F)cc2)CC3)CCCC1C. The van der Waals surface area contributed by atoms with Crippen LogP contribution in [0.3, 0.4) is 0 Å². The number of aldehydes is 1. The Bertz CT molecular complexity index is 1100. The highest BCUT2D eigenvalue weighted by atomic mass is 19.1. The fourth-order valence-corrected chi connectivity index (χ4v) is 5.18. The van der Waals surface area contributed by atoms with E-state index in [2.05, 4.69) is 5.32 Å². The molecule has 0 spiro atoms. The zero-order valence-corrected chi connectivity index (χ0v) is 17.7. The van der Waals surface area contributed by atoms with Gasteiger partial charge in [-0.15, -0.1) is 0 Å². The Morgan fingerprint density at radius 1 is 1.29 bits per heavy atom. The third kappa shape index (κ3) is 3.26. The lowest BCUT2D eigenvalue weighted by molar-refractivity contribution is 0.0719. The van der Waals surface area contributed by atoms with Gasteiger partial charge in [-0.05, 0) is 61.9 Å². The van der Waals surface area contributed by atoms with Crippen LogP contribution < -0.4 is 10.9 Å². The van der Waals surface area contributed by atoms with Gasteiger partial charge in [0, 0.05) is 13.1 Å². The third-order valence-corrected chi connectivity index (χ3v) is 6.87. The molecule has 1 saturated carbocycles. The average Bonchev–Trinajstić information content (AvgIpc) is 3.14. The quantitative estimate of drug-likeness (QED) is 0.715. The molecular formula is C23H26FN3O4. The number of aromatic hydroxyl groups is 1. The van der Waals surface area contributed by atoms with E-state index in [9.17, 15) is 23.9 Å². The van der Waals surface area contributed by atoms with Crippen LogP contribution in [0.2, 0.25) is 0 Å². The van der Waals surface area contributed by atoms with Gasteiger partial charge in [0.15, 0.2) is 12.0 Å². The number of hydrogen-bond acceptors (Lipinski definition) is 5. The number of nitrogens with zero attached hydrogens (tertiary/aromatic N) is 2. The summed E-state index contributed by atoms with van der Waals surface area (Å²) in [4.78, 5) is 40.1. The van der Waals surface area contributed by atoms with E-state index in [-0.39, 0.29) is 29.5 Å². The molecule has 2 unspecified atom stereocenters. The van der Waals surface area contributed by atoms with E-state index < -0.39 is 22.9 Å². The Balaban J connectivity index is 1.81. The molecule has 1 amide bonds. The summed E-state index contributed by atoms with van der Waals surface area (Å²) >= 11 is 0. The van der Waals surface area contributed by atoms with Gasteiger partial charge in [0.05, 0.1) is 11.3 Å². The molecule has 8 heteroatoms. The van der Waals surface area contributed by atoms with Crippen molar-refractivity contribution in [2.75, 3.05) is 13.6 Å². The first-order valence-electron chi connectivity index (χ1n) is 10.5. The van der Waals surface area contributed by atoms with Crippen molar-refractivity contribution in [1.29, 1.82) is 0 Å². The van der Waals surface area contributed by atoms with Crippen LogP contribution in [0.25, 0.3) is 0 Å². The number of carbonyl (C=O) groups is 2. The highest BCUT2D eigenvalue weighted by molar-refractivity contribution is 6.01. The summed E-state index contributed by atoms with van der Waals surface area (Å²) in [5.74, 6) is -1.43. The average molecular weight is 427 g/mol. The first kappa shape index (κ1) is 21.2. The van der Waals surface area contributed by atoms with Gasteiger partial charge in [-0.25, -0.2) is 4.39 Å². The standard InChI is InChI=1S/C23H26FN3O4/c1-14-4-3-10-23(14,25-2)27-18(13-28)17-9-11-26(12-15-5-7-16(24)8-6-15)21(30)19(17)20(29)22(27)31/h5-8,13-14,25,29H,3-4,9-12H2,1-2H3. The van der Waals surface area contributed by atoms with Crippen LogP contribution in [0.5, 0.6) is 5.75 Å². The predicted octanol–water partition coefficient (Wildman–Crippen LogP) is 2.40. The Morgan fingerprint density at radius 3 is 2.58 bits per heavy atom. The number of amides is 1. The second-order valence-electron chi connectivity index (χ2n) is 8.42. The Morgan fingerprint density at radius 2 is 2.00 bits per heavy atom. The molecule has 1 aromatic heterocycles. The fourth-order valence-electron chi connectivity index (χ4n) is 5.18. The Hall–Kier alpha value is -3.00. The minimum Gasteiger partial charge on any atom is -0.502 e. The molecule has 2 atom stereocenters. The molecule has 2 aromatic rings. The zero-order valence-electron chi connectivity index (χ0n) is 17.7. The first-order chi connectivity index (χ1) is 14.8. The molecular weight excluding hydrogens is 401 g/mol. The van der Waals surface area contributed by atoms with Gasteiger partial charge >= 0.3 is 0 Å². The minimum atomic E-state index is -0.784. The normalized spacial score (nSPS) is 23.1. The molecule has 1 fully saturated rings. The number of benzene rings is 1. The van der Waals surface area contributed by atoms with E-state index in [0.29, 0.717) is 31.2 Å². The number of halogens is 1. The number of carbonyl (C=O) groups excluding carboxylic acids is 2. The van der Waals surface area contributed by atoms with Crippen molar-refractivity contribution in [3.63, 3.8) is 0 Å². The van der Waals surface area contributed by atoms with E-state index >= 15 is 0 Å². The third-order valence-electron chi connectivity index (χ3n) is 6.87. The molecule has 1 aliphatic carbocycles. The Labute approximate surface area is 179 Å². The maximum absolute atomic E-state index is 13.3. The van der Waals surface area contributed by atoms with Crippen molar-refractivity contribution in [3.8, 4) is 5.75 Å². The summed E-state index contributed by atoms with van der Waals surface area (Å²) in [5.41, 5.74) is -0.337. The molecule has 164 valence electrons. The topological polar surface area (TPSA) is 91.6 Å². The van der Waals surface area contributed by atoms with E-state index in [0.717, 1.165) is 18.4 Å². The highest BCUT2D eigenvalue weighted by Gasteiger charge is 2.45. The lowest BCUT2D eigenvalue weighted by Gasteiger charge is -2.39. The van der Waals surface area contributed by atoms with E-state index in [1.165, 1.54) is 21.6 Å². The summed E-state index contributed by atoms with van der Waals surface area (Å²) in [6.45, 7) is 2.55. The molecule has 2 N–H and O–H groups in total. The number of aromatic nitrogens is 1. The summed E-state index contributed by atoms with van der Waals surface area (Å²) in [7, 11) is 1.74. The highest BCUT2D eigenvalue weighted by Crippen LogP contribution is 2.41. The second kappa shape index (κ2) is 7.92. The van der Waals surface area contributed by atoms with Gasteiger partial charge in [0.2, 0.25) is 0 Å². The predicted molar refractivity (Wildman–Crippen MR) is 113 cm³/mol. The number of hydrogen-bond donors (Lipinski definition) is 2. The summed E-state index contributed by atoms with van der Waals surface area (Å²) in [6, 6.07) is 5.81. The van der Waals surface area contributed by atoms with E-state index in [4.69, 9.17) is 0 Å². The van der Waals surface area contributed by atoms with Crippen LogP contribution in [0.1, 0.15) is 58.2 Å². The van der Waals surface area contributed by atoms with Crippen LogP contribution in [0, 0.1) is 11.7 Å². The summed E-state index contributed by atoms with van der Waals surface area (Å²) < 4.78 is 14.6. The Kier molecular flexibility index (Phi) is 5.43. The molecule has 7 nitrogen and oxygen atoms in total. The molecule has 0 radical (unpaired) electrons. The maximum Gasteiger partial charge on any atom is 0.295 e. The second-order valence-corrected chi connectivity index (χ2v) is 8.42. The number of pyridine rings is 1. The monoisotopic (exact) mass is 427 g/mol. The van der Waals surface area contributed by atoms with Gasteiger partial charge in [-0.3, -0.25) is 24.3 Å². The number of nitrogens with one attached hydrogen (secondary N) is 1. The summed E-state index contributed by atoms with van der Waals surface area (Å²) in [6.07, 6.45) is 3.36. The summed E-state index contributed by atoms with van der Waals surface area (Å²) in [5, 5.41) is 14.0. The van der Waals surface area contributed by atoms with Gasteiger partial charge in [-0.1, -0.05) is 19.1 Å². The van der Waals surface area contributed by atoms with Crippen LogP contribution in [-0.2, 0) is 18.6 Å². The maximum atomic E-state index is 13.3. The van der Waals surface area contributed by atoms with Gasteiger partial charge in [0.25, 0.3) is 11.5 Å². The zero-order chi connectivity index (χ0) is 22.3. The smallest absolute Gasteiger partial charge is 0.295 e. The molecule has 1 aromatic carbocycles. The van der Waals surface area contributed by atoms with Crippen LogP contribution in [0.4, 0.5) is 4.39 Å². The van der Waals surface area contributed by atoms with Crippen molar-refractivity contribution >= 4 is 12.2 Å². The molecule has 1 aliphatic heterocycles. The first-order valence-corrected chi connectivity index (χ1v) is 10.5. The van der Waals surface area contributed by atoms with Crippen molar-refractivity contribution < 1.29 is 19.1 Å². The van der Waals surface area contributed by atoms with E-state index in [1.807, 2.05) is 6.92 Å². The molecule has 2 heterocycles. The minimum absolute atomic E-state index is 0.0700. The van der Waals surface area contributed by atoms with Gasteiger partial charge < -0.3 is 10.0 Å². The molecule has 0 saturated heterocycles. The fraction of sp³-hybridized carbons (Fsp3) is 0.435. The lowest BCUT2D eigenvalue weighted by atomic mass is 9.92. The van der Waals surface area contributed by atoms with Crippen molar-refractivity contribution in [1.82, 2.24) is 14.8 Å².